The van der Waals surface area contributed by atoms with Crippen LogP contribution in [0.5, 0.6) is 11.5 Å². The second-order valence-corrected chi connectivity index (χ2v) is 2.93. The van der Waals surface area contributed by atoms with E-state index in [2.05, 4.69) is 4.99 Å². The van der Waals surface area contributed by atoms with Gasteiger partial charge in [-0.2, -0.15) is 0 Å². The minimum absolute atomic E-state index is 0.192. The minimum Gasteiger partial charge on any atom is -0.508 e. The van der Waals surface area contributed by atoms with Crippen molar-refractivity contribution in [1.29, 1.82) is 0 Å². The lowest BCUT2D eigenvalue weighted by atomic mass is 10.1. The Morgan fingerprint density at radius 1 is 1.33 bits per heavy atom. The van der Waals surface area contributed by atoms with Crippen LogP contribution >= 0.6 is 0 Å². The Morgan fingerprint density at radius 2 is 1.87 bits per heavy atom. The molecule has 80 valence electrons. The molecule has 0 amide bonds. The molecule has 0 bridgehead atoms. The van der Waals surface area contributed by atoms with E-state index < -0.39 is 12.0 Å². The average molecular weight is 209 g/mol. The number of phenolic OH excluding ortho intramolecular Hbond substituents is 2. The zero-order valence-electron chi connectivity index (χ0n) is 8.08. The summed E-state index contributed by atoms with van der Waals surface area (Å²) in [5, 5.41) is 27.2. The van der Waals surface area contributed by atoms with Gasteiger partial charge in [0.15, 0.2) is 6.04 Å². The first-order valence-electron chi connectivity index (χ1n) is 4.28. The van der Waals surface area contributed by atoms with Gasteiger partial charge in [-0.15, -0.1) is 0 Å². The van der Waals surface area contributed by atoms with Gasteiger partial charge in [0, 0.05) is 6.07 Å². The van der Waals surface area contributed by atoms with Gasteiger partial charge in [0.25, 0.3) is 0 Å². The van der Waals surface area contributed by atoms with Crippen molar-refractivity contribution in [2.75, 3.05) is 0 Å². The zero-order chi connectivity index (χ0) is 11.4. The van der Waals surface area contributed by atoms with Gasteiger partial charge in [-0.3, -0.25) is 4.99 Å². The molecule has 0 fully saturated rings. The van der Waals surface area contributed by atoms with Crippen molar-refractivity contribution in [2.24, 2.45) is 4.99 Å². The standard InChI is InChI=1S/C10H11NO4/c1-2-11-9(10(14)15)6-3-7(12)5-8(13)4-6/h2-5,9,12-13H,1H3,(H,14,15)/t9-/m0/s1. The average Bonchev–Trinajstić information content (AvgIpc) is 2.11. The number of aromatic hydroxyl groups is 2. The third-order valence-corrected chi connectivity index (χ3v) is 1.77. The third kappa shape index (κ3) is 2.70. The smallest absolute Gasteiger partial charge is 0.333 e. The van der Waals surface area contributed by atoms with E-state index in [0.717, 1.165) is 6.07 Å². The van der Waals surface area contributed by atoms with Crippen molar-refractivity contribution in [1.82, 2.24) is 0 Å². The molecule has 15 heavy (non-hydrogen) atoms. The molecule has 0 spiro atoms. The summed E-state index contributed by atoms with van der Waals surface area (Å²) < 4.78 is 0. The molecule has 0 saturated carbocycles. The maximum Gasteiger partial charge on any atom is 0.333 e. The number of hydrogen-bond acceptors (Lipinski definition) is 4. The van der Waals surface area contributed by atoms with Crippen molar-refractivity contribution in [3.05, 3.63) is 23.8 Å². The normalized spacial score (nSPS) is 12.9. The van der Waals surface area contributed by atoms with E-state index in [1.54, 1.807) is 6.92 Å². The molecule has 0 aliphatic carbocycles. The highest BCUT2D eigenvalue weighted by atomic mass is 16.4. The van der Waals surface area contributed by atoms with Crippen LogP contribution in [0.1, 0.15) is 18.5 Å². The quantitative estimate of drug-likeness (QED) is 0.655. The van der Waals surface area contributed by atoms with E-state index in [0.29, 0.717) is 0 Å². The maximum atomic E-state index is 10.8. The van der Waals surface area contributed by atoms with Gasteiger partial charge in [0.05, 0.1) is 0 Å². The van der Waals surface area contributed by atoms with Crippen LogP contribution < -0.4 is 0 Å². The largest absolute Gasteiger partial charge is 0.508 e. The predicted molar refractivity (Wildman–Crippen MR) is 54.3 cm³/mol. The van der Waals surface area contributed by atoms with Gasteiger partial charge in [0.1, 0.15) is 11.5 Å². The van der Waals surface area contributed by atoms with Crippen LogP contribution in [0.4, 0.5) is 0 Å². The number of carboxylic acids is 1. The van der Waals surface area contributed by atoms with Gasteiger partial charge < -0.3 is 15.3 Å². The number of carbonyl (C=O) groups is 1. The van der Waals surface area contributed by atoms with Gasteiger partial charge in [0.2, 0.25) is 0 Å². The van der Waals surface area contributed by atoms with Crippen molar-refractivity contribution < 1.29 is 20.1 Å². The van der Waals surface area contributed by atoms with E-state index in [4.69, 9.17) is 5.11 Å². The lowest BCUT2D eigenvalue weighted by molar-refractivity contribution is -0.138. The van der Waals surface area contributed by atoms with Crippen LogP contribution in [0.25, 0.3) is 0 Å². The van der Waals surface area contributed by atoms with Gasteiger partial charge in [-0.1, -0.05) is 0 Å². The number of aliphatic imine (C=N–C) groups is 1. The summed E-state index contributed by atoms with van der Waals surface area (Å²) in [6.45, 7) is 1.60. The lowest BCUT2D eigenvalue weighted by Gasteiger charge is -2.08. The van der Waals surface area contributed by atoms with Crippen LogP contribution in [-0.4, -0.2) is 27.5 Å². The molecule has 0 unspecified atom stereocenters. The molecule has 1 aromatic rings. The summed E-state index contributed by atoms with van der Waals surface area (Å²) in [6, 6.07) is 2.53. The van der Waals surface area contributed by atoms with Crippen LogP contribution in [0.3, 0.4) is 0 Å². The Bertz CT molecular complexity index is 380. The van der Waals surface area contributed by atoms with Crippen LogP contribution in [-0.2, 0) is 4.79 Å². The number of hydrogen-bond donors (Lipinski definition) is 3. The Morgan fingerprint density at radius 3 is 2.27 bits per heavy atom. The molecule has 0 saturated heterocycles. The van der Waals surface area contributed by atoms with Gasteiger partial charge >= 0.3 is 5.97 Å². The predicted octanol–water partition coefficient (Wildman–Crippen LogP) is 1.31. The second-order valence-electron chi connectivity index (χ2n) is 2.93. The highest BCUT2D eigenvalue weighted by molar-refractivity contribution is 5.78. The van der Waals surface area contributed by atoms with Crippen molar-refractivity contribution in [2.45, 2.75) is 13.0 Å². The molecular weight excluding hydrogens is 198 g/mol. The number of aliphatic carboxylic acids is 1. The molecule has 0 aromatic heterocycles. The molecule has 5 nitrogen and oxygen atoms in total. The van der Waals surface area contributed by atoms with Crippen molar-refractivity contribution >= 4 is 12.2 Å². The molecule has 5 heteroatoms. The molecule has 1 rings (SSSR count). The van der Waals surface area contributed by atoms with E-state index in [9.17, 15) is 15.0 Å². The topological polar surface area (TPSA) is 90.1 Å². The Balaban J connectivity index is 3.16. The fourth-order valence-electron chi connectivity index (χ4n) is 1.22. The number of benzene rings is 1. The van der Waals surface area contributed by atoms with Crippen molar-refractivity contribution in [3.63, 3.8) is 0 Å². The number of rotatable bonds is 3. The summed E-state index contributed by atoms with van der Waals surface area (Å²) >= 11 is 0. The summed E-state index contributed by atoms with van der Waals surface area (Å²) in [7, 11) is 0. The molecular formula is C10H11NO4. The Kier molecular flexibility index (Phi) is 3.28. The first kappa shape index (κ1) is 11.0. The Labute approximate surface area is 86.3 Å². The summed E-state index contributed by atoms with van der Waals surface area (Å²) in [5.41, 5.74) is 0.234. The van der Waals surface area contributed by atoms with E-state index in [-0.39, 0.29) is 17.1 Å². The minimum atomic E-state index is -1.14. The third-order valence-electron chi connectivity index (χ3n) is 1.77. The summed E-state index contributed by atoms with van der Waals surface area (Å²) in [5.74, 6) is -1.52. The molecule has 1 aromatic carbocycles. The molecule has 0 aliphatic heterocycles. The van der Waals surface area contributed by atoms with Crippen molar-refractivity contribution in [3.8, 4) is 11.5 Å². The number of nitrogens with zero attached hydrogens (tertiary/aromatic N) is 1. The highest BCUT2D eigenvalue weighted by Crippen LogP contribution is 2.26. The van der Waals surface area contributed by atoms with Gasteiger partial charge in [-0.05, 0) is 30.8 Å². The maximum absolute atomic E-state index is 10.8. The Hall–Kier alpha value is -2.04. The second kappa shape index (κ2) is 4.45. The SMILES string of the molecule is CC=N[C@H](C(=O)O)c1cc(O)cc(O)c1. The van der Waals surface area contributed by atoms with Crippen LogP contribution in [0, 0.1) is 0 Å². The fourth-order valence-corrected chi connectivity index (χ4v) is 1.22. The lowest BCUT2D eigenvalue weighted by Crippen LogP contribution is -2.09. The van der Waals surface area contributed by atoms with E-state index in [1.165, 1.54) is 18.3 Å². The monoisotopic (exact) mass is 209 g/mol. The molecule has 0 aliphatic rings. The van der Waals surface area contributed by atoms with E-state index in [1.807, 2.05) is 0 Å². The molecule has 0 radical (unpaired) electrons. The first-order chi connectivity index (χ1) is 7.04. The number of phenols is 2. The zero-order valence-corrected chi connectivity index (χ0v) is 8.08. The molecule has 1 atom stereocenters. The van der Waals surface area contributed by atoms with E-state index >= 15 is 0 Å². The highest BCUT2D eigenvalue weighted by Gasteiger charge is 2.18. The summed E-state index contributed by atoms with van der Waals surface area (Å²) in [4.78, 5) is 14.6. The summed E-state index contributed by atoms with van der Waals surface area (Å²) in [6.07, 6.45) is 1.36. The molecule has 0 heterocycles. The first-order valence-corrected chi connectivity index (χ1v) is 4.28. The molecule has 3 N–H and O–H groups in total. The van der Waals surface area contributed by atoms with Crippen LogP contribution in [0.2, 0.25) is 0 Å². The van der Waals surface area contributed by atoms with Gasteiger partial charge in [-0.25, -0.2) is 4.79 Å². The fraction of sp³-hybridized carbons (Fsp3) is 0.200. The van der Waals surface area contributed by atoms with Crippen LogP contribution in [0.15, 0.2) is 23.2 Å². The number of carboxylic acid groups (broad SMARTS) is 1.